The summed E-state index contributed by atoms with van der Waals surface area (Å²) < 4.78 is 10.6. The van der Waals surface area contributed by atoms with Crippen molar-refractivity contribution in [1.29, 1.82) is 0 Å². The Labute approximate surface area is 84.2 Å². The number of ether oxygens (including phenoxy) is 2. The molecule has 2 rings (SSSR count). The number of benzene rings is 1. The van der Waals surface area contributed by atoms with Gasteiger partial charge in [0.1, 0.15) is 0 Å². The van der Waals surface area contributed by atoms with Crippen LogP contribution in [0.25, 0.3) is 0 Å². The van der Waals surface area contributed by atoms with Crippen LogP contribution in [0.4, 0.5) is 0 Å². The average molecular weight is 193 g/mol. The van der Waals surface area contributed by atoms with E-state index in [4.69, 9.17) is 9.47 Å². The summed E-state index contributed by atoms with van der Waals surface area (Å²) in [6.45, 7) is 3.38. The average Bonchev–Trinajstić information content (AvgIpc) is 2.51. The van der Waals surface area contributed by atoms with E-state index in [2.05, 4.69) is 32.0 Å². The third-order valence-corrected chi connectivity index (χ3v) is 2.32. The van der Waals surface area contributed by atoms with E-state index >= 15 is 0 Å². The fourth-order valence-electron chi connectivity index (χ4n) is 1.60. The SMILES string of the molecule is Cc1cc2c(cc1CN(C)C)OCO2. The molecule has 0 saturated heterocycles. The van der Waals surface area contributed by atoms with Crippen molar-refractivity contribution >= 4 is 0 Å². The van der Waals surface area contributed by atoms with Crippen molar-refractivity contribution in [2.24, 2.45) is 0 Å². The molecule has 0 atom stereocenters. The lowest BCUT2D eigenvalue weighted by atomic mass is 10.1. The molecular formula is C11H15NO2. The quantitative estimate of drug-likeness (QED) is 0.714. The molecule has 0 N–H and O–H groups in total. The smallest absolute Gasteiger partial charge is 0.231 e. The Morgan fingerprint density at radius 3 is 2.50 bits per heavy atom. The summed E-state index contributed by atoms with van der Waals surface area (Å²) >= 11 is 0. The van der Waals surface area contributed by atoms with Gasteiger partial charge in [0.05, 0.1) is 0 Å². The molecule has 0 aliphatic carbocycles. The van der Waals surface area contributed by atoms with Gasteiger partial charge in [-0.15, -0.1) is 0 Å². The third kappa shape index (κ3) is 1.68. The predicted molar refractivity (Wildman–Crippen MR) is 54.7 cm³/mol. The van der Waals surface area contributed by atoms with Crippen LogP contribution in [0.15, 0.2) is 12.1 Å². The molecule has 1 aliphatic heterocycles. The van der Waals surface area contributed by atoms with Crippen molar-refractivity contribution in [1.82, 2.24) is 4.90 Å². The molecular weight excluding hydrogens is 178 g/mol. The third-order valence-electron chi connectivity index (χ3n) is 2.32. The minimum absolute atomic E-state index is 0.347. The lowest BCUT2D eigenvalue weighted by molar-refractivity contribution is 0.174. The van der Waals surface area contributed by atoms with Crippen molar-refractivity contribution in [3.63, 3.8) is 0 Å². The fourth-order valence-corrected chi connectivity index (χ4v) is 1.60. The van der Waals surface area contributed by atoms with Gasteiger partial charge in [-0.2, -0.15) is 0 Å². The Bertz CT molecular complexity index is 347. The Balaban J connectivity index is 2.32. The van der Waals surface area contributed by atoms with E-state index in [1.807, 2.05) is 6.07 Å². The normalized spacial score (nSPS) is 13.7. The second kappa shape index (κ2) is 3.50. The topological polar surface area (TPSA) is 21.7 Å². The Morgan fingerprint density at radius 1 is 1.21 bits per heavy atom. The van der Waals surface area contributed by atoms with Gasteiger partial charge >= 0.3 is 0 Å². The maximum Gasteiger partial charge on any atom is 0.231 e. The van der Waals surface area contributed by atoms with Gasteiger partial charge in [-0.3, -0.25) is 0 Å². The van der Waals surface area contributed by atoms with E-state index in [9.17, 15) is 0 Å². The second-order valence-electron chi connectivity index (χ2n) is 3.87. The van der Waals surface area contributed by atoms with E-state index in [0.29, 0.717) is 6.79 Å². The Kier molecular flexibility index (Phi) is 2.33. The first-order valence-corrected chi connectivity index (χ1v) is 4.70. The van der Waals surface area contributed by atoms with Crippen LogP contribution < -0.4 is 9.47 Å². The zero-order chi connectivity index (χ0) is 10.1. The van der Waals surface area contributed by atoms with E-state index in [-0.39, 0.29) is 0 Å². The molecule has 76 valence electrons. The summed E-state index contributed by atoms with van der Waals surface area (Å²) in [5.41, 5.74) is 2.54. The van der Waals surface area contributed by atoms with Crippen molar-refractivity contribution in [3.8, 4) is 11.5 Å². The van der Waals surface area contributed by atoms with Gasteiger partial charge in [-0.1, -0.05) is 0 Å². The monoisotopic (exact) mass is 193 g/mol. The molecule has 1 heterocycles. The first kappa shape index (κ1) is 9.34. The highest BCUT2D eigenvalue weighted by atomic mass is 16.7. The predicted octanol–water partition coefficient (Wildman–Crippen LogP) is 1.79. The molecule has 0 saturated carbocycles. The molecule has 14 heavy (non-hydrogen) atoms. The Hall–Kier alpha value is -1.22. The Morgan fingerprint density at radius 2 is 1.86 bits per heavy atom. The number of rotatable bonds is 2. The van der Waals surface area contributed by atoms with Crippen LogP contribution in [0.3, 0.4) is 0 Å². The molecule has 0 bridgehead atoms. The van der Waals surface area contributed by atoms with Crippen LogP contribution in [0.2, 0.25) is 0 Å². The van der Waals surface area contributed by atoms with Gasteiger partial charge in [0.25, 0.3) is 0 Å². The highest BCUT2D eigenvalue weighted by Gasteiger charge is 2.15. The first-order chi connectivity index (χ1) is 6.66. The largest absolute Gasteiger partial charge is 0.454 e. The van der Waals surface area contributed by atoms with Crippen LogP contribution in [0.5, 0.6) is 11.5 Å². The molecule has 1 aromatic rings. The van der Waals surface area contributed by atoms with E-state index < -0.39 is 0 Å². The summed E-state index contributed by atoms with van der Waals surface area (Å²) in [5.74, 6) is 1.73. The molecule has 1 aromatic carbocycles. The van der Waals surface area contributed by atoms with E-state index in [1.165, 1.54) is 11.1 Å². The zero-order valence-corrected chi connectivity index (χ0v) is 8.83. The standard InChI is InChI=1S/C11H15NO2/c1-8-4-10-11(14-7-13-10)5-9(8)6-12(2)3/h4-5H,6-7H2,1-3H3. The molecule has 0 fully saturated rings. The van der Waals surface area contributed by atoms with Gasteiger partial charge < -0.3 is 14.4 Å². The van der Waals surface area contributed by atoms with Crippen LogP contribution in [-0.2, 0) is 6.54 Å². The minimum atomic E-state index is 0.347. The van der Waals surface area contributed by atoms with Gasteiger partial charge in [0, 0.05) is 6.54 Å². The number of nitrogens with zero attached hydrogens (tertiary/aromatic N) is 1. The molecule has 0 spiro atoms. The summed E-state index contributed by atoms with van der Waals surface area (Å²) in [5, 5.41) is 0. The molecule has 0 aromatic heterocycles. The van der Waals surface area contributed by atoms with Gasteiger partial charge in [0.15, 0.2) is 11.5 Å². The highest BCUT2D eigenvalue weighted by Crippen LogP contribution is 2.34. The lowest BCUT2D eigenvalue weighted by Gasteiger charge is -2.12. The maximum atomic E-state index is 5.33. The first-order valence-electron chi connectivity index (χ1n) is 4.70. The summed E-state index contributed by atoms with van der Waals surface area (Å²) in [7, 11) is 4.12. The maximum absolute atomic E-state index is 5.33. The van der Waals surface area contributed by atoms with Gasteiger partial charge in [0.2, 0.25) is 6.79 Å². The van der Waals surface area contributed by atoms with Crippen LogP contribution in [-0.4, -0.2) is 25.8 Å². The summed E-state index contributed by atoms with van der Waals surface area (Å²) in [6.07, 6.45) is 0. The molecule has 0 amide bonds. The summed E-state index contributed by atoms with van der Waals surface area (Å²) in [4.78, 5) is 2.14. The second-order valence-corrected chi connectivity index (χ2v) is 3.87. The fraction of sp³-hybridized carbons (Fsp3) is 0.455. The molecule has 1 aliphatic rings. The minimum Gasteiger partial charge on any atom is -0.454 e. The zero-order valence-electron chi connectivity index (χ0n) is 8.83. The number of hydrogen-bond donors (Lipinski definition) is 0. The van der Waals surface area contributed by atoms with Crippen LogP contribution in [0, 0.1) is 6.92 Å². The molecule has 0 unspecified atom stereocenters. The van der Waals surface area contributed by atoms with Gasteiger partial charge in [-0.25, -0.2) is 0 Å². The number of hydrogen-bond acceptors (Lipinski definition) is 3. The number of aryl methyl sites for hydroxylation is 1. The molecule has 3 nitrogen and oxygen atoms in total. The lowest BCUT2D eigenvalue weighted by Crippen LogP contribution is -2.11. The molecule has 0 radical (unpaired) electrons. The van der Waals surface area contributed by atoms with E-state index in [1.54, 1.807) is 0 Å². The van der Waals surface area contributed by atoms with Gasteiger partial charge in [-0.05, 0) is 44.3 Å². The van der Waals surface area contributed by atoms with Crippen LogP contribution >= 0.6 is 0 Å². The van der Waals surface area contributed by atoms with Crippen LogP contribution in [0.1, 0.15) is 11.1 Å². The van der Waals surface area contributed by atoms with Crippen molar-refractivity contribution in [3.05, 3.63) is 23.3 Å². The molecule has 3 heteroatoms. The van der Waals surface area contributed by atoms with Crippen molar-refractivity contribution < 1.29 is 9.47 Å². The number of fused-ring (bicyclic) bond motifs is 1. The van der Waals surface area contributed by atoms with Crippen molar-refractivity contribution in [2.45, 2.75) is 13.5 Å². The summed E-state index contributed by atoms with van der Waals surface area (Å²) in [6, 6.07) is 4.11. The van der Waals surface area contributed by atoms with Crippen molar-refractivity contribution in [2.75, 3.05) is 20.9 Å². The van der Waals surface area contributed by atoms with E-state index in [0.717, 1.165) is 18.0 Å². The highest BCUT2D eigenvalue weighted by molar-refractivity contribution is 5.48.